The van der Waals surface area contributed by atoms with Crippen LogP contribution in [0.1, 0.15) is 58.3 Å². The first kappa shape index (κ1) is 27.0. The Morgan fingerprint density at radius 3 is 2.32 bits per heavy atom. The highest BCUT2D eigenvalue weighted by molar-refractivity contribution is 6.44. The normalized spacial score (nSPS) is 13.4. The van der Waals surface area contributed by atoms with Gasteiger partial charge < -0.3 is 10.2 Å². The number of alkyl halides is 3. The van der Waals surface area contributed by atoms with E-state index in [1.54, 1.807) is 6.07 Å². The van der Waals surface area contributed by atoms with Gasteiger partial charge in [0.15, 0.2) is 0 Å². The lowest BCUT2D eigenvalue weighted by atomic mass is 10.0. The maximum absolute atomic E-state index is 13.8. The van der Waals surface area contributed by atoms with Crippen molar-refractivity contribution in [3.05, 3.63) is 98.5 Å². The zero-order valence-corrected chi connectivity index (χ0v) is 21.6. The van der Waals surface area contributed by atoms with Crippen LogP contribution >= 0.6 is 23.2 Å². The second-order valence-electron chi connectivity index (χ2n) is 9.16. The van der Waals surface area contributed by atoms with Gasteiger partial charge >= 0.3 is 6.18 Å². The average Bonchev–Trinajstić information content (AvgIpc) is 3.69. The Kier molecular flexibility index (Phi) is 8.14. The first-order valence-corrected chi connectivity index (χ1v) is 12.6. The Morgan fingerprint density at radius 2 is 1.70 bits per heavy atom. The Hall–Kier alpha value is -3.03. The monoisotopic (exact) mass is 548 g/mol. The fraction of sp³-hybridized carbons (Fsp3) is 0.286. The molecule has 1 fully saturated rings. The number of halogens is 5. The molecule has 0 atom stereocenters. The molecule has 4 rings (SSSR count). The number of anilines is 1. The average molecular weight is 549 g/mol. The minimum atomic E-state index is -4.46. The zero-order chi connectivity index (χ0) is 26.7. The van der Waals surface area contributed by atoms with Crippen LogP contribution in [0.5, 0.6) is 0 Å². The summed E-state index contributed by atoms with van der Waals surface area (Å²) in [5.41, 5.74) is 2.04. The maximum atomic E-state index is 13.8. The third-order valence-corrected chi connectivity index (χ3v) is 7.04. The van der Waals surface area contributed by atoms with Crippen LogP contribution in [0.15, 0.2) is 60.7 Å². The van der Waals surface area contributed by atoms with Crippen LogP contribution in [0.2, 0.25) is 10.0 Å². The molecule has 1 aliphatic carbocycles. The smallest absolute Gasteiger partial charge is 0.334 e. The van der Waals surface area contributed by atoms with E-state index in [2.05, 4.69) is 5.32 Å². The number of carbonyl (C=O) groups is 2. The molecule has 3 aromatic carbocycles. The first-order valence-electron chi connectivity index (χ1n) is 11.8. The number of hydrogen-bond donors (Lipinski definition) is 1. The number of carbonyl (C=O) groups excluding carboxylic acids is 2. The van der Waals surface area contributed by atoms with Gasteiger partial charge in [-0.05, 0) is 60.1 Å². The highest BCUT2D eigenvalue weighted by Gasteiger charge is 2.30. The zero-order valence-electron chi connectivity index (χ0n) is 20.0. The van der Waals surface area contributed by atoms with Crippen LogP contribution < -0.4 is 5.32 Å². The molecule has 4 nitrogen and oxygen atoms in total. The highest BCUT2D eigenvalue weighted by Crippen LogP contribution is 2.40. The SMILES string of the molecule is CC(=O)Nc1ccc(Cl)c(Cl)c1C(=O)N(CCc1cccc(C(F)(F)F)c1)Cc1ccc(C2CC2)cc1. The van der Waals surface area contributed by atoms with Gasteiger partial charge in [-0.2, -0.15) is 13.2 Å². The molecule has 0 heterocycles. The lowest BCUT2D eigenvalue weighted by molar-refractivity contribution is -0.137. The van der Waals surface area contributed by atoms with E-state index in [9.17, 15) is 22.8 Å². The van der Waals surface area contributed by atoms with E-state index < -0.39 is 23.6 Å². The third-order valence-electron chi connectivity index (χ3n) is 6.23. The Balaban J connectivity index is 1.64. The van der Waals surface area contributed by atoms with Crippen LogP contribution in [0.4, 0.5) is 18.9 Å². The van der Waals surface area contributed by atoms with Crippen molar-refractivity contribution in [2.45, 2.75) is 44.8 Å². The molecule has 37 heavy (non-hydrogen) atoms. The molecule has 1 aliphatic rings. The predicted molar refractivity (Wildman–Crippen MR) is 139 cm³/mol. The van der Waals surface area contributed by atoms with Crippen molar-refractivity contribution in [3.63, 3.8) is 0 Å². The molecule has 0 aliphatic heterocycles. The molecule has 1 saturated carbocycles. The minimum absolute atomic E-state index is 0.00827. The molecular formula is C28H25Cl2F3N2O2. The van der Waals surface area contributed by atoms with E-state index in [1.165, 1.54) is 48.4 Å². The van der Waals surface area contributed by atoms with Crippen molar-refractivity contribution in [1.29, 1.82) is 0 Å². The van der Waals surface area contributed by atoms with Gasteiger partial charge in [-0.3, -0.25) is 9.59 Å². The standard InChI is InChI=1S/C28H25Cl2F3N2O2/c1-17(36)34-24-12-11-23(29)26(30)25(24)27(37)35(16-19-5-7-20(8-6-19)21-9-10-21)14-13-18-3-2-4-22(15-18)28(31,32)33/h2-8,11-12,15,21H,9-10,13-14,16H2,1H3,(H,34,36). The Morgan fingerprint density at radius 1 is 1.00 bits per heavy atom. The van der Waals surface area contributed by atoms with E-state index in [0.29, 0.717) is 11.5 Å². The summed E-state index contributed by atoms with van der Waals surface area (Å²) >= 11 is 12.6. The summed E-state index contributed by atoms with van der Waals surface area (Å²) in [6, 6.07) is 16.0. The van der Waals surface area contributed by atoms with Gasteiger partial charge in [-0.25, -0.2) is 0 Å². The molecule has 9 heteroatoms. The summed E-state index contributed by atoms with van der Waals surface area (Å²) in [5, 5.41) is 2.75. The summed E-state index contributed by atoms with van der Waals surface area (Å²) in [7, 11) is 0. The molecule has 0 radical (unpaired) electrons. The molecule has 194 valence electrons. The van der Waals surface area contributed by atoms with Gasteiger partial charge in [0, 0.05) is 20.0 Å². The van der Waals surface area contributed by atoms with Gasteiger partial charge in [0.2, 0.25) is 5.91 Å². The molecule has 0 unspecified atom stereocenters. The fourth-order valence-corrected chi connectivity index (χ4v) is 4.57. The second kappa shape index (κ2) is 11.2. The largest absolute Gasteiger partial charge is 0.416 e. The van der Waals surface area contributed by atoms with Crippen LogP contribution in [0, 0.1) is 0 Å². The summed E-state index contributed by atoms with van der Waals surface area (Å²) in [4.78, 5) is 27.1. The van der Waals surface area contributed by atoms with Crippen LogP contribution in [0.3, 0.4) is 0 Å². The topological polar surface area (TPSA) is 49.4 Å². The fourth-order valence-electron chi connectivity index (χ4n) is 4.16. The lowest BCUT2D eigenvalue weighted by Gasteiger charge is -2.25. The van der Waals surface area contributed by atoms with Crippen LogP contribution in [-0.4, -0.2) is 23.3 Å². The van der Waals surface area contributed by atoms with Crippen molar-refractivity contribution in [3.8, 4) is 0 Å². The number of hydrogen-bond acceptors (Lipinski definition) is 2. The van der Waals surface area contributed by atoms with E-state index in [-0.39, 0.29) is 40.8 Å². The van der Waals surface area contributed by atoms with Crippen molar-refractivity contribution >= 4 is 40.7 Å². The lowest BCUT2D eigenvalue weighted by Crippen LogP contribution is -2.33. The predicted octanol–water partition coefficient (Wildman–Crippen LogP) is 7.73. The molecule has 1 N–H and O–H groups in total. The van der Waals surface area contributed by atoms with Crippen molar-refractivity contribution in [2.24, 2.45) is 0 Å². The quantitative estimate of drug-likeness (QED) is 0.313. The molecule has 0 bridgehead atoms. The summed E-state index contributed by atoms with van der Waals surface area (Å²) < 4.78 is 39.6. The Labute approximate surface area is 223 Å². The van der Waals surface area contributed by atoms with Crippen molar-refractivity contribution in [2.75, 3.05) is 11.9 Å². The molecule has 0 spiro atoms. The molecular weight excluding hydrogens is 524 g/mol. The van der Waals surface area contributed by atoms with Gasteiger partial charge in [-0.1, -0.05) is 65.7 Å². The highest BCUT2D eigenvalue weighted by atomic mass is 35.5. The summed E-state index contributed by atoms with van der Waals surface area (Å²) in [6.07, 6.45) is -1.94. The Bertz CT molecular complexity index is 1310. The van der Waals surface area contributed by atoms with Crippen LogP contribution in [-0.2, 0) is 23.9 Å². The number of nitrogens with zero attached hydrogens (tertiary/aromatic N) is 1. The van der Waals surface area contributed by atoms with E-state index in [4.69, 9.17) is 23.2 Å². The van der Waals surface area contributed by atoms with Gasteiger partial charge in [0.1, 0.15) is 0 Å². The van der Waals surface area contributed by atoms with Crippen LogP contribution in [0.25, 0.3) is 0 Å². The first-order chi connectivity index (χ1) is 17.5. The molecule has 2 amide bonds. The number of nitrogens with one attached hydrogen (secondary N) is 1. The number of benzene rings is 3. The molecule has 0 aromatic heterocycles. The van der Waals surface area contributed by atoms with E-state index in [0.717, 1.165) is 17.7 Å². The molecule has 3 aromatic rings. The second-order valence-corrected chi connectivity index (χ2v) is 9.94. The minimum Gasteiger partial charge on any atom is -0.334 e. The number of rotatable bonds is 8. The maximum Gasteiger partial charge on any atom is 0.416 e. The number of amides is 2. The van der Waals surface area contributed by atoms with Gasteiger partial charge in [0.05, 0.1) is 26.9 Å². The third kappa shape index (κ3) is 6.84. The van der Waals surface area contributed by atoms with Crippen molar-refractivity contribution in [1.82, 2.24) is 4.90 Å². The van der Waals surface area contributed by atoms with Crippen molar-refractivity contribution < 1.29 is 22.8 Å². The summed E-state index contributed by atoms with van der Waals surface area (Å²) in [6.45, 7) is 1.63. The van der Waals surface area contributed by atoms with E-state index >= 15 is 0 Å². The van der Waals surface area contributed by atoms with Gasteiger partial charge in [-0.15, -0.1) is 0 Å². The molecule has 0 saturated heterocycles. The van der Waals surface area contributed by atoms with Gasteiger partial charge in [0.25, 0.3) is 5.91 Å². The van der Waals surface area contributed by atoms with E-state index in [1.807, 2.05) is 24.3 Å². The summed E-state index contributed by atoms with van der Waals surface area (Å²) in [5.74, 6) is -0.300.